The van der Waals surface area contributed by atoms with Gasteiger partial charge in [0.2, 0.25) is 5.95 Å². The summed E-state index contributed by atoms with van der Waals surface area (Å²) in [5, 5.41) is 9.41. The first kappa shape index (κ1) is 25.0. The van der Waals surface area contributed by atoms with E-state index >= 15 is 0 Å². The van der Waals surface area contributed by atoms with Gasteiger partial charge in [-0.05, 0) is 62.2 Å². The molecule has 5 aromatic rings. The first-order valence-electron chi connectivity index (χ1n) is 12.3. The Morgan fingerprint density at radius 3 is 2.00 bits per heavy atom. The third-order valence-electron chi connectivity index (χ3n) is 6.12. The van der Waals surface area contributed by atoms with Crippen LogP contribution in [0.4, 0.5) is 11.6 Å². The maximum atomic E-state index is 6.10. The first-order valence-corrected chi connectivity index (χ1v) is 13.0. The summed E-state index contributed by atoms with van der Waals surface area (Å²) < 4.78 is 0. The Kier molecular flexibility index (Phi) is 7.83. The molecule has 0 aliphatic rings. The number of hydrogen-bond donors (Lipinski definition) is 2. The summed E-state index contributed by atoms with van der Waals surface area (Å²) in [6.07, 6.45) is 3.77. The molecule has 37 heavy (non-hydrogen) atoms. The zero-order valence-corrected chi connectivity index (χ0v) is 22.0. The second-order valence-corrected chi connectivity index (χ2v) is 9.79. The third-order valence-corrected chi connectivity index (χ3v) is 6.61. The van der Waals surface area contributed by atoms with E-state index in [4.69, 9.17) is 33.2 Å². The topological polar surface area (TPSA) is 62.7 Å². The van der Waals surface area contributed by atoms with Crippen molar-refractivity contribution >= 4 is 45.7 Å². The number of anilines is 2. The first-order chi connectivity index (χ1) is 18.0. The van der Waals surface area contributed by atoms with Crippen molar-refractivity contribution in [1.29, 1.82) is 0 Å². The summed E-state index contributed by atoms with van der Waals surface area (Å²) in [6, 6.07) is 25.9. The Hall–Kier alpha value is -3.67. The molecule has 5 rings (SSSR count). The molecule has 0 bridgehead atoms. The molecule has 0 aliphatic carbocycles. The molecule has 5 nitrogen and oxygen atoms in total. The molecular weight excluding hydrogens is 501 g/mol. The van der Waals surface area contributed by atoms with Crippen LogP contribution >= 0.6 is 23.2 Å². The molecular formula is C30H27Cl2N5. The second kappa shape index (κ2) is 11.6. The summed E-state index contributed by atoms with van der Waals surface area (Å²) in [4.78, 5) is 14.0. The maximum absolute atomic E-state index is 6.10. The quantitative estimate of drug-likeness (QED) is 0.189. The van der Waals surface area contributed by atoms with Crippen LogP contribution in [0.5, 0.6) is 0 Å². The molecule has 186 valence electrons. The Labute approximate surface area is 226 Å². The van der Waals surface area contributed by atoms with Gasteiger partial charge in [-0.15, -0.1) is 0 Å². The smallest absolute Gasteiger partial charge is 0.223 e. The van der Waals surface area contributed by atoms with Crippen molar-refractivity contribution in [1.82, 2.24) is 15.0 Å². The van der Waals surface area contributed by atoms with E-state index in [1.807, 2.05) is 54.6 Å². The van der Waals surface area contributed by atoms with Gasteiger partial charge >= 0.3 is 0 Å². The molecule has 0 amide bonds. The lowest BCUT2D eigenvalue weighted by Crippen LogP contribution is -2.09. The van der Waals surface area contributed by atoms with Crippen LogP contribution < -0.4 is 10.6 Å². The van der Waals surface area contributed by atoms with Crippen molar-refractivity contribution in [3.8, 4) is 22.5 Å². The monoisotopic (exact) mass is 527 g/mol. The van der Waals surface area contributed by atoms with Gasteiger partial charge in [0, 0.05) is 51.5 Å². The fraction of sp³-hybridized carbons (Fsp3) is 0.167. The lowest BCUT2D eigenvalue weighted by atomic mass is 10.1. The molecule has 0 unspecified atom stereocenters. The van der Waals surface area contributed by atoms with Gasteiger partial charge in [0.15, 0.2) is 0 Å². The highest BCUT2D eigenvalue weighted by Crippen LogP contribution is 2.27. The number of aromatic nitrogens is 3. The molecule has 3 aromatic carbocycles. The molecule has 0 radical (unpaired) electrons. The van der Waals surface area contributed by atoms with Gasteiger partial charge in [0.1, 0.15) is 0 Å². The normalized spacial score (nSPS) is 11.0. The number of unbranched alkanes of at least 4 members (excludes halogenated alkanes) is 1. The average molecular weight is 528 g/mol. The third kappa shape index (κ3) is 6.37. The average Bonchev–Trinajstić information content (AvgIpc) is 2.91. The van der Waals surface area contributed by atoms with Gasteiger partial charge in [-0.3, -0.25) is 4.98 Å². The largest absolute Gasteiger partial charge is 0.384 e. The predicted molar refractivity (Wildman–Crippen MR) is 156 cm³/mol. The Morgan fingerprint density at radius 1 is 0.676 bits per heavy atom. The van der Waals surface area contributed by atoms with E-state index in [0.29, 0.717) is 16.0 Å². The number of halogens is 2. The van der Waals surface area contributed by atoms with E-state index in [1.165, 1.54) is 5.56 Å². The van der Waals surface area contributed by atoms with Crippen molar-refractivity contribution in [3.05, 3.63) is 101 Å². The fourth-order valence-corrected chi connectivity index (χ4v) is 4.41. The second-order valence-electron chi connectivity index (χ2n) is 8.92. The van der Waals surface area contributed by atoms with E-state index in [9.17, 15) is 0 Å². The lowest BCUT2D eigenvalue weighted by molar-refractivity contribution is 0.791. The van der Waals surface area contributed by atoms with Crippen molar-refractivity contribution in [2.75, 3.05) is 23.7 Å². The highest BCUT2D eigenvalue weighted by molar-refractivity contribution is 6.31. The van der Waals surface area contributed by atoms with Crippen molar-refractivity contribution in [2.45, 2.75) is 19.8 Å². The van der Waals surface area contributed by atoms with E-state index in [1.54, 1.807) is 6.20 Å². The molecule has 0 spiro atoms. The molecule has 0 saturated carbocycles. The number of rotatable bonds is 9. The number of fused-ring (bicyclic) bond motifs is 1. The summed E-state index contributed by atoms with van der Waals surface area (Å²) in [6.45, 7) is 3.70. The van der Waals surface area contributed by atoms with Gasteiger partial charge in [-0.1, -0.05) is 65.2 Å². The van der Waals surface area contributed by atoms with Crippen molar-refractivity contribution in [2.24, 2.45) is 0 Å². The van der Waals surface area contributed by atoms with Gasteiger partial charge in [0.25, 0.3) is 0 Å². The Bertz CT molecular complexity index is 1440. The van der Waals surface area contributed by atoms with E-state index < -0.39 is 0 Å². The summed E-state index contributed by atoms with van der Waals surface area (Å²) in [5.74, 6) is 0.619. The number of nitrogens with one attached hydrogen (secondary N) is 2. The SMILES string of the molecule is Cc1ccc(-c2cc(-c3ccc(Cl)cc3)nc(NCCCCNc3ccnc4cc(Cl)ccc34)n2)cc1. The summed E-state index contributed by atoms with van der Waals surface area (Å²) in [7, 11) is 0. The fourth-order valence-electron chi connectivity index (χ4n) is 4.12. The molecule has 2 heterocycles. The van der Waals surface area contributed by atoms with E-state index in [2.05, 4.69) is 46.8 Å². The van der Waals surface area contributed by atoms with Crippen LogP contribution in [0.1, 0.15) is 18.4 Å². The molecule has 0 fully saturated rings. The zero-order chi connectivity index (χ0) is 25.6. The Balaban J connectivity index is 1.23. The van der Waals surface area contributed by atoms with E-state index in [0.717, 1.165) is 65.0 Å². The van der Waals surface area contributed by atoms with Crippen LogP contribution in [0.2, 0.25) is 10.0 Å². The van der Waals surface area contributed by atoms with E-state index in [-0.39, 0.29) is 0 Å². The minimum atomic E-state index is 0.619. The molecule has 0 aliphatic heterocycles. The number of benzene rings is 3. The van der Waals surface area contributed by atoms with Gasteiger partial charge in [0.05, 0.1) is 16.9 Å². The minimum Gasteiger partial charge on any atom is -0.384 e. The van der Waals surface area contributed by atoms with Gasteiger partial charge in [-0.25, -0.2) is 9.97 Å². The van der Waals surface area contributed by atoms with Crippen molar-refractivity contribution in [3.63, 3.8) is 0 Å². The number of nitrogens with zero attached hydrogens (tertiary/aromatic N) is 3. The van der Waals surface area contributed by atoms with Crippen LogP contribution in [-0.2, 0) is 0 Å². The predicted octanol–water partition coefficient (Wildman–Crippen LogP) is 8.28. The maximum Gasteiger partial charge on any atom is 0.223 e. The van der Waals surface area contributed by atoms with Crippen LogP contribution in [-0.4, -0.2) is 28.0 Å². The van der Waals surface area contributed by atoms with Gasteiger partial charge < -0.3 is 10.6 Å². The number of pyridine rings is 1. The molecule has 2 aromatic heterocycles. The zero-order valence-electron chi connectivity index (χ0n) is 20.5. The van der Waals surface area contributed by atoms with Crippen LogP contribution in [0.25, 0.3) is 33.4 Å². The van der Waals surface area contributed by atoms with Crippen LogP contribution in [0.15, 0.2) is 85.1 Å². The van der Waals surface area contributed by atoms with Gasteiger partial charge in [-0.2, -0.15) is 0 Å². The lowest BCUT2D eigenvalue weighted by Gasteiger charge is -2.12. The molecule has 2 N–H and O–H groups in total. The standard InChI is InChI=1S/C30H27Cl2N5/c1-20-4-6-21(7-5-20)27-19-28(22-8-10-23(31)11-9-22)37-30(36-27)35-16-3-2-15-33-26-14-17-34-29-18-24(32)12-13-25(26)29/h4-14,17-19H,2-3,15-16H2,1H3,(H,33,34)(H,35,36,37). The summed E-state index contributed by atoms with van der Waals surface area (Å²) >= 11 is 12.2. The van der Waals surface area contributed by atoms with Crippen LogP contribution in [0, 0.1) is 6.92 Å². The number of hydrogen-bond acceptors (Lipinski definition) is 5. The highest BCUT2D eigenvalue weighted by atomic mass is 35.5. The van der Waals surface area contributed by atoms with Crippen LogP contribution in [0.3, 0.4) is 0 Å². The minimum absolute atomic E-state index is 0.619. The number of aryl methyl sites for hydroxylation is 1. The molecule has 0 atom stereocenters. The Morgan fingerprint density at radius 2 is 1.30 bits per heavy atom. The van der Waals surface area contributed by atoms with Crippen molar-refractivity contribution < 1.29 is 0 Å². The molecule has 7 heteroatoms. The summed E-state index contributed by atoms with van der Waals surface area (Å²) in [5.41, 5.74) is 6.97. The molecule has 0 saturated heterocycles. The highest BCUT2D eigenvalue weighted by Gasteiger charge is 2.09.